The molecule has 2 aliphatic heterocycles. The molecule has 25 heavy (non-hydrogen) atoms. The first kappa shape index (κ1) is 15.9. The van der Waals surface area contributed by atoms with Gasteiger partial charge >= 0.3 is 0 Å². The lowest BCUT2D eigenvalue weighted by molar-refractivity contribution is 0.0746. The number of hydrogen-bond acceptors (Lipinski definition) is 6. The number of aryl methyl sites for hydroxylation is 1. The standard InChI is InChI=1S/C18H23N5O2/c1-14-12-16(20-18(19-14)23-5-2-3-6-23)21-7-9-22(10-8-21)17(24)15-4-11-25-13-15/h4,11-13H,2-3,5-10H2,1H3. The number of hydrogen-bond donors (Lipinski definition) is 0. The Hall–Kier alpha value is -2.57. The van der Waals surface area contributed by atoms with Crippen molar-refractivity contribution in [1.29, 1.82) is 0 Å². The van der Waals surface area contributed by atoms with Crippen molar-refractivity contribution >= 4 is 17.7 Å². The van der Waals surface area contributed by atoms with Crippen LogP contribution in [0.4, 0.5) is 11.8 Å². The van der Waals surface area contributed by atoms with Gasteiger partial charge in [-0.25, -0.2) is 4.98 Å². The molecule has 4 rings (SSSR count). The van der Waals surface area contributed by atoms with Gasteiger partial charge in [0, 0.05) is 51.0 Å². The number of carbonyl (C=O) groups is 1. The summed E-state index contributed by atoms with van der Waals surface area (Å²) in [5.41, 5.74) is 1.60. The van der Waals surface area contributed by atoms with Crippen molar-refractivity contribution in [1.82, 2.24) is 14.9 Å². The molecule has 2 fully saturated rings. The van der Waals surface area contributed by atoms with E-state index in [4.69, 9.17) is 9.40 Å². The Morgan fingerprint density at radius 1 is 1.04 bits per heavy atom. The topological polar surface area (TPSA) is 65.7 Å². The number of furan rings is 1. The van der Waals surface area contributed by atoms with Gasteiger partial charge < -0.3 is 19.1 Å². The van der Waals surface area contributed by atoms with Crippen molar-refractivity contribution in [3.05, 3.63) is 35.9 Å². The van der Waals surface area contributed by atoms with Crippen LogP contribution in [0, 0.1) is 6.92 Å². The Morgan fingerprint density at radius 2 is 1.80 bits per heavy atom. The van der Waals surface area contributed by atoms with Crippen molar-refractivity contribution in [3.8, 4) is 0 Å². The maximum atomic E-state index is 12.4. The molecule has 2 aromatic heterocycles. The molecule has 1 amide bonds. The second-order valence-electron chi connectivity index (χ2n) is 6.65. The van der Waals surface area contributed by atoms with E-state index in [2.05, 4.69) is 14.8 Å². The second kappa shape index (κ2) is 6.74. The fourth-order valence-electron chi connectivity index (χ4n) is 3.46. The van der Waals surface area contributed by atoms with E-state index in [1.807, 2.05) is 17.9 Å². The molecule has 0 aliphatic carbocycles. The molecule has 2 aliphatic rings. The molecule has 0 N–H and O–H groups in total. The molecular formula is C18H23N5O2. The average molecular weight is 341 g/mol. The normalized spacial score (nSPS) is 18.0. The Labute approximate surface area is 147 Å². The Bertz CT molecular complexity index is 732. The van der Waals surface area contributed by atoms with Crippen molar-refractivity contribution < 1.29 is 9.21 Å². The minimum absolute atomic E-state index is 0.0324. The third kappa shape index (κ3) is 3.31. The predicted octanol–water partition coefficient (Wildman–Crippen LogP) is 1.94. The summed E-state index contributed by atoms with van der Waals surface area (Å²) in [7, 11) is 0. The van der Waals surface area contributed by atoms with E-state index in [0.717, 1.165) is 43.6 Å². The molecule has 0 spiro atoms. The van der Waals surface area contributed by atoms with Crippen LogP contribution in [-0.2, 0) is 0 Å². The highest BCUT2D eigenvalue weighted by Crippen LogP contribution is 2.22. The Morgan fingerprint density at radius 3 is 2.48 bits per heavy atom. The van der Waals surface area contributed by atoms with E-state index < -0.39 is 0 Å². The van der Waals surface area contributed by atoms with Gasteiger partial charge in [0.05, 0.1) is 11.8 Å². The monoisotopic (exact) mass is 341 g/mol. The summed E-state index contributed by atoms with van der Waals surface area (Å²) in [5.74, 6) is 1.83. The SMILES string of the molecule is Cc1cc(N2CCN(C(=O)c3ccoc3)CC2)nc(N2CCCC2)n1. The highest BCUT2D eigenvalue weighted by atomic mass is 16.3. The van der Waals surface area contributed by atoms with Crippen LogP contribution >= 0.6 is 0 Å². The second-order valence-corrected chi connectivity index (χ2v) is 6.65. The first-order valence-electron chi connectivity index (χ1n) is 8.88. The van der Waals surface area contributed by atoms with Gasteiger partial charge in [-0.2, -0.15) is 4.98 Å². The molecule has 0 radical (unpaired) electrons. The van der Waals surface area contributed by atoms with Gasteiger partial charge in [0.1, 0.15) is 12.1 Å². The minimum Gasteiger partial charge on any atom is -0.472 e. The van der Waals surface area contributed by atoms with Gasteiger partial charge in [0.2, 0.25) is 5.95 Å². The molecule has 132 valence electrons. The highest BCUT2D eigenvalue weighted by molar-refractivity contribution is 5.94. The zero-order valence-corrected chi connectivity index (χ0v) is 14.5. The Balaban J connectivity index is 1.44. The van der Waals surface area contributed by atoms with Crippen molar-refractivity contribution in [2.45, 2.75) is 19.8 Å². The third-order valence-corrected chi connectivity index (χ3v) is 4.88. The van der Waals surface area contributed by atoms with Gasteiger partial charge in [-0.3, -0.25) is 4.79 Å². The van der Waals surface area contributed by atoms with Crippen LogP contribution in [0.15, 0.2) is 29.1 Å². The van der Waals surface area contributed by atoms with Gasteiger partial charge in [-0.05, 0) is 25.8 Å². The van der Waals surface area contributed by atoms with E-state index in [9.17, 15) is 4.79 Å². The fraction of sp³-hybridized carbons (Fsp3) is 0.500. The largest absolute Gasteiger partial charge is 0.472 e. The molecule has 7 heteroatoms. The van der Waals surface area contributed by atoms with Crippen molar-refractivity contribution in [2.75, 3.05) is 49.1 Å². The number of anilines is 2. The highest BCUT2D eigenvalue weighted by Gasteiger charge is 2.24. The van der Waals surface area contributed by atoms with Gasteiger partial charge in [0.25, 0.3) is 5.91 Å². The number of amides is 1. The summed E-state index contributed by atoms with van der Waals surface area (Å²) < 4.78 is 5.01. The van der Waals surface area contributed by atoms with Crippen LogP contribution in [0.3, 0.4) is 0 Å². The molecule has 2 saturated heterocycles. The van der Waals surface area contributed by atoms with E-state index in [1.165, 1.54) is 25.4 Å². The third-order valence-electron chi connectivity index (χ3n) is 4.88. The van der Waals surface area contributed by atoms with E-state index in [-0.39, 0.29) is 5.91 Å². The van der Waals surface area contributed by atoms with Crippen LogP contribution in [0.2, 0.25) is 0 Å². The van der Waals surface area contributed by atoms with Crippen LogP contribution in [0.5, 0.6) is 0 Å². The van der Waals surface area contributed by atoms with E-state index in [0.29, 0.717) is 18.7 Å². The zero-order valence-electron chi connectivity index (χ0n) is 14.5. The predicted molar refractivity (Wildman–Crippen MR) is 95.0 cm³/mol. The number of nitrogens with zero attached hydrogens (tertiary/aromatic N) is 5. The van der Waals surface area contributed by atoms with Crippen LogP contribution in [0.1, 0.15) is 28.9 Å². The van der Waals surface area contributed by atoms with E-state index in [1.54, 1.807) is 6.07 Å². The summed E-state index contributed by atoms with van der Waals surface area (Å²) in [6, 6.07) is 3.75. The minimum atomic E-state index is 0.0324. The van der Waals surface area contributed by atoms with Gasteiger partial charge in [0.15, 0.2) is 0 Å². The molecule has 7 nitrogen and oxygen atoms in total. The number of carbonyl (C=O) groups excluding carboxylic acids is 1. The summed E-state index contributed by atoms with van der Waals surface area (Å²) in [4.78, 5) is 28.2. The molecule has 4 heterocycles. The maximum absolute atomic E-state index is 12.4. The number of rotatable bonds is 3. The van der Waals surface area contributed by atoms with Crippen molar-refractivity contribution in [2.24, 2.45) is 0 Å². The lowest BCUT2D eigenvalue weighted by Crippen LogP contribution is -2.49. The van der Waals surface area contributed by atoms with Crippen LogP contribution in [-0.4, -0.2) is 60.0 Å². The first-order valence-corrected chi connectivity index (χ1v) is 8.88. The van der Waals surface area contributed by atoms with Crippen molar-refractivity contribution in [3.63, 3.8) is 0 Å². The molecule has 0 aromatic carbocycles. The molecule has 0 unspecified atom stereocenters. The molecule has 2 aromatic rings. The van der Waals surface area contributed by atoms with Gasteiger partial charge in [-0.15, -0.1) is 0 Å². The summed E-state index contributed by atoms with van der Waals surface area (Å²) in [6.45, 7) is 7.02. The first-order chi connectivity index (χ1) is 12.2. The molecule has 0 saturated carbocycles. The maximum Gasteiger partial charge on any atom is 0.257 e. The van der Waals surface area contributed by atoms with Gasteiger partial charge in [-0.1, -0.05) is 0 Å². The average Bonchev–Trinajstić information content (AvgIpc) is 3.34. The molecular weight excluding hydrogens is 318 g/mol. The van der Waals surface area contributed by atoms with Crippen LogP contribution < -0.4 is 9.80 Å². The lowest BCUT2D eigenvalue weighted by atomic mass is 10.2. The number of aromatic nitrogens is 2. The fourth-order valence-corrected chi connectivity index (χ4v) is 3.46. The summed E-state index contributed by atoms with van der Waals surface area (Å²) in [6.07, 6.45) is 5.46. The zero-order chi connectivity index (χ0) is 17.2. The summed E-state index contributed by atoms with van der Waals surface area (Å²) in [5, 5.41) is 0. The quantitative estimate of drug-likeness (QED) is 0.850. The van der Waals surface area contributed by atoms with E-state index >= 15 is 0 Å². The number of piperazine rings is 1. The van der Waals surface area contributed by atoms with Crippen LogP contribution in [0.25, 0.3) is 0 Å². The molecule has 0 atom stereocenters. The lowest BCUT2D eigenvalue weighted by Gasteiger charge is -2.35. The molecule has 0 bridgehead atoms. The smallest absolute Gasteiger partial charge is 0.257 e. The summed E-state index contributed by atoms with van der Waals surface area (Å²) >= 11 is 0. The Kier molecular flexibility index (Phi) is 4.29.